The van der Waals surface area contributed by atoms with Crippen LogP contribution in [0.15, 0.2) is 24.3 Å². The van der Waals surface area contributed by atoms with E-state index in [9.17, 15) is 0 Å². The van der Waals surface area contributed by atoms with Gasteiger partial charge >= 0.3 is 0 Å². The maximum Gasteiger partial charge on any atom is 0.142 e. The summed E-state index contributed by atoms with van der Waals surface area (Å²) in [6.45, 7) is 3.73. The predicted molar refractivity (Wildman–Crippen MR) is 80.4 cm³/mol. The number of nitrogens with zero attached hydrogens (tertiary/aromatic N) is 1. The van der Waals surface area contributed by atoms with Crippen molar-refractivity contribution in [2.24, 2.45) is 0 Å². The highest BCUT2D eigenvalue weighted by Crippen LogP contribution is 2.28. The molecule has 0 saturated carbocycles. The zero-order chi connectivity index (χ0) is 13.8. The molecule has 0 spiro atoms. The van der Waals surface area contributed by atoms with E-state index >= 15 is 0 Å². The van der Waals surface area contributed by atoms with Crippen LogP contribution < -0.4 is 10.1 Å². The third kappa shape index (κ3) is 3.44. The molecule has 20 heavy (non-hydrogen) atoms. The summed E-state index contributed by atoms with van der Waals surface area (Å²) in [5.41, 5.74) is 1.10. The van der Waals surface area contributed by atoms with Crippen LogP contribution in [0.5, 0.6) is 5.75 Å². The van der Waals surface area contributed by atoms with Crippen LogP contribution in [0.2, 0.25) is 0 Å². The Morgan fingerprint density at radius 2 is 2.05 bits per heavy atom. The summed E-state index contributed by atoms with van der Waals surface area (Å²) in [6.07, 6.45) is 4.31. The van der Waals surface area contributed by atoms with Crippen molar-refractivity contribution in [1.82, 2.24) is 4.90 Å². The zero-order valence-corrected chi connectivity index (χ0v) is 12.2. The molecule has 0 radical (unpaired) electrons. The lowest BCUT2D eigenvalue weighted by Crippen LogP contribution is -2.43. The van der Waals surface area contributed by atoms with Crippen molar-refractivity contribution in [3.8, 4) is 5.75 Å². The molecule has 0 aliphatic carbocycles. The Hall–Kier alpha value is -1.26. The van der Waals surface area contributed by atoms with Crippen molar-refractivity contribution >= 4 is 5.69 Å². The Morgan fingerprint density at radius 1 is 1.20 bits per heavy atom. The Balaban J connectivity index is 1.48. The quantitative estimate of drug-likeness (QED) is 0.915. The van der Waals surface area contributed by atoms with Crippen LogP contribution in [0.1, 0.15) is 19.3 Å². The van der Waals surface area contributed by atoms with E-state index in [2.05, 4.69) is 23.3 Å². The molecule has 0 bridgehead atoms. The third-order valence-electron chi connectivity index (χ3n) is 4.01. The van der Waals surface area contributed by atoms with Crippen LogP contribution in [0.25, 0.3) is 0 Å². The molecule has 4 heteroatoms. The SMILES string of the molecule is CN(CC1CCCCO1)CC1CNc2ccccc2O1. The fourth-order valence-electron chi connectivity index (χ4n) is 2.98. The molecule has 110 valence electrons. The highest BCUT2D eigenvalue weighted by Gasteiger charge is 2.22. The zero-order valence-electron chi connectivity index (χ0n) is 12.2. The number of likely N-dealkylation sites (N-methyl/N-ethyl adjacent to an activating group) is 1. The van der Waals surface area contributed by atoms with Gasteiger partial charge in [-0.2, -0.15) is 0 Å². The molecule has 3 rings (SSSR count). The van der Waals surface area contributed by atoms with Gasteiger partial charge in [-0.05, 0) is 38.4 Å². The lowest BCUT2D eigenvalue weighted by Gasteiger charge is -2.32. The minimum Gasteiger partial charge on any atom is -0.485 e. The summed E-state index contributed by atoms with van der Waals surface area (Å²) in [5.74, 6) is 0.964. The fourth-order valence-corrected chi connectivity index (χ4v) is 2.98. The van der Waals surface area contributed by atoms with Crippen molar-refractivity contribution in [3.63, 3.8) is 0 Å². The number of anilines is 1. The Labute approximate surface area is 121 Å². The van der Waals surface area contributed by atoms with Gasteiger partial charge in [-0.15, -0.1) is 0 Å². The molecule has 1 aromatic carbocycles. The van der Waals surface area contributed by atoms with E-state index in [1.54, 1.807) is 0 Å². The van der Waals surface area contributed by atoms with Crippen LogP contribution in [0.3, 0.4) is 0 Å². The lowest BCUT2D eigenvalue weighted by atomic mass is 10.1. The summed E-state index contributed by atoms with van der Waals surface area (Å²) in [7, 11) is 2.15. The Kier molecular flexibility index (Phi) is 4.43. The van der Waals surface area contributed by atoms with Gasteiger partial charge in [-0.1, -0.05) is 12.1 Å². The van der Waals surface area contributed by atoms with Gasteiger partial charge in [-0.25, -0.2) is 0 Å². The Bertz CT molecular complexity index is 432. The van der Waals surface area contributed by atoms with Crippen molar-refractivity contribution < 1.29 is 9.47 Å². The first-order valence-electron chi connectivity index (χ1n) is 7.61. The molecule has 2 heterocycles. The molecular formula is C16H24N2O2. The number of hydrogen-bond acceptors (Lipinski definition) is 4. The van der Waals surface area contributed by atoms with Gasteiger partial charge < -0.3 is 19.7 Å². The minimum atomic E-state index is 0.207. The molecule has 2 atom stereocenters. The third-order valence-corrected chi connectivity index (χ3v) is 4.01. The molecular weight excluding hydrogens is 252 g/mol. The second kappa shape index (κ2) is 6.46. The number of ether oxygens (including phenoxy) is 2. The molecule has 2 aliphatic heterocycles. The topological polar surface area (TPSA) is 33.7 Å². The summed E-state index contributed by atoms with van der Waals surface area (Å²) < 4.78 is 11.8. The molecule has 0 aromatic heterocycles. The molecule has 1 fully saturated rings. The van der Waals surface area contributed by atoms with Gasteiger partial charge in [0.25, 0.3) is 0 Å². The van der Waals surface area contributed by atoms with E-state index in [4.69, 9.17) is 9.47 Å². The number of rotatable bonds is 4. The van der Waals surface area contributed by atoms with E-state index in [1.165, 1.54) is 19.3 Å². The van der Waals surface area contributed by atoms with Crippen molar-refractivity contribution in [2.45, 2.75) is 31.5 Å². The summed E-state index contributed by atoms with van der Waals surface area (Å²) in [4.78, 5) is 2.33. The minimum absolute atomic E-state index is 0.207. The lowest BCUT2D eigenvalue weighted by molar-refractivity contribution is -0.00614. The van der Waals surface area contributed by atoms with E-state index in [0.717, 1.165) is 37.7 Å². The molecule has 1 N–H and O–H groups in total. The standard InChI is InChI=1S/C16H24N2O2/c1-18(11-13-6-4-5-9-19-13)12-14-10-17-15-7-2-3-8-16(15)20-14/h2-3,7-8,13-14,17H,4-6,9-12H2,1H3. The van der Waals surface area contributed by atoms with Gasteiger partial charge in [0, 0.05) is 19.7 Å². The van der Waals surface area contributed by atoms with E-state index < -0.39 is 0 Å². The maximum atomic E-state index is 6.05. The van der Waals surface area contributed by atoms with Gasteiger partial charge in [0.1, 0.15) is 11.9 Å². The van der Waals surface area contributed by atoms with Crippen molar-refractivity contribution in [3.05, 3.63) is 24.3 Å². The average Bonchev–Trinajstić information content (AvgIpc) is 2.48. The number of benzene rings is 1. The molecule has 4 nitrogen and oxygen atoms in total. The predicted octanol–water partition coefficient (Wildman–Crippen LogP) is 2.36. The normalized spacial score (nSPS) is 25.7. The van der Waals surface area contributed by atoms with Crippen LogP contribution >= 0.6 is 0 Å². The second-order valence-corrected chi connectivity index (χ2v) is 5.83. The smallest absolute Gasteiger partial charge is 0.142 e. The van der Waals surface area contributed by atoms with Crippen molar-refractivity contribution in [1.29, 1.82) is 0 Å². The molecule has 2 aliphatic rings. The monoisotopic (exact) mass is 276 g/mol. The average molecular weight is 276 g/mol. The summed E-state index contributed by atoms with van der Waals surface area (Å²) in [6, 6.07) is 8.13. The summed E-state index contributed by atoms with van der Waals surface area (Å²) in [5, 5.41) is 3.44. The van der Waals surface area contributed by atoms with Crippen LogP contribution in [0.4, 0.5) is 5.69 Å². The fraction of sp³-hybridized carbons (Fsp3) is 0.625. The number of para-hydroxylation sites is 2. The number of fused-ring (bicyclic) bond motifs is 1. The highest BCUT2D eigenvalue weighted by atomic mass is 16.5. The highest BCUT2D eigenvalue weighted by molar-refractivity contribution is 5.57. The number of nitrogens with one attached hydrogen (secondary N) is 1. The molecule has 1 aromatic rings. The molecule has 1 saturated heterocycles. The first-order chi connectivity index (χ1) is 9.81. The van der Waals surface area contributed by atoms with Crippen LogP contribution in [0, 0.1) is 0 Å². The molecule has 0 amide bonds. The first kappa shape index (κ1) is 13.7. The van der Waals surface area contributed by atoms with E-state index in [-0.39, 0.29) is 6.10 Å². The largest absolute Gasteiger partial charge is 0.485 e. The van der Waals surface area contributed by atoms with E-state index in [0.29, 0.717) is 6.10 Å². The number of hydrogen-bond donors (Lipinski definition) is 1. The Morgan fingerprint density at radius 3 is 2.90 bits per heavy atom. The van der Waals surface area contributed by atoms with Gasteiger partial charge in [0.15, 0.2) is 0 Å². The van der Waals surface area contributed by atoms with Crippen molar-refractivity contribution in [2.75, 3.05) is 38.6 Å². The molecule has 2 unspecified atom stereocenters. The first-order valence-corrected chi connectivity index (χ1v) is 7.61. The second-order valence-electron chi connectivity index (χ2n) is 5.83. The van der Waals surface area contributed by atoms with E-state index in [1.807, 2.05) is 18.2 Å². The van der Waals surface area contributed by atoms with Gasteiger partial charge in [0.05, 0.1) is 18.3 Å². The summed E-state index contributed by atoms with van der Waals surface area (Å²) >= 11 is 0. The van der Waals surface area contributed by atoms with Gasteiger partial charge in [0.2, 0.25) is 0 Å². The van der Waals surface area contributed by atoms with Crippen LogP contribution in [-0.4, -0.2) is 50.4 Å². The van der Waals surface area contributed by atoms with Gasteiger partial charge in [-0.3, -0.25) is 0 Å². The van der Waals surface area contributed by atoms with Crippen LogP contribution in [-0.2, 0) is 4.74 Å². The maximum absolute atomic E-state index is 6.05.